The first kappa shape index (κ1) is 15.5. The molecule has 1 aromatic rings. The predicted molar refractivity (Wildman–Crippen MR) is 84.3 cm³/mol. The van der Waals surface area contributed by atoms with Crippen molar-refractivity contribution >= 4 is 17.7 Å². The van der Waals surface area contributed by atoms with Crippen molar-refractivity contribution in [2.75, 3.05) is 13.2 Å². The van der Waals surface area contributed by atoms with Crippen molar-refractivity contribution in [1.29, 1.82) is 0 Å². The minimum atomic E-state index is -0.782. The molecule has 3 rings (SSSR count). The van der Waals surface area contributed by atoms with Gasteiger partial charge in [0.1, 0.15) is 6.61 Å². The van der Waals surface area contributed by atoms with E-state index in [1.165, 1.54) is 5.56 Å². The molecule has 2 aliphatic rings. The molecule has 122 valence electrons. The van der Waals surface area contributed by atoms with Crippen molar-refractivity contribution in [1.82, 2.24) is 4.90 Å². The zero-order valence-electron chi connectivity index (χ0n) is 13.8. The van der Waals surface area contributed by atoms with Gasteiger partial charge in [-0.3, -0.25) is 4.79 Å². The fourth-order valence-electron chi connectivity index (χ4n) is 3.29. The molecule has 0 aromatic heterocycles. The van der Waals surface area contributed by atoms with Crippen molar-refractivity contribution in [2.45, 2.75) is 33.8 Å². The van der Waals surface area contributed by atoms with Gasteiger partial charge < -0.3 is 9.57 Å². The summed E-state index contributed by atoms with van der Waals surface area (Å²) >= 11 is 0. The zero-order valence-corrected chi connectivity index (χ0v) is 13.8. The average Bonchev–Trinajstić information content (AvgIpc) is 3.04. The Hall–Kier alpha value is -2.37. The van der Waals surface area contributed by atoms with E-state index < -0.39 is 12.2 Å². The number of carbonyl (C=O) groups is 2. The number of nitrogens with zero attached hydrogens (tertiary/aromatic N) is 2. The van der Waals surface area contributed by atoms with E-state index in [1.54, 1.807) is 0 Å². The first-order chi connectivity index (χ1) is 10.9. The van der Waals surface area contributed by atoms with Crippen LogP contribution in [0.1, 0.15) is 29.2 Å². The lowest BCUT2D eigenvalue weighted by Gasteiger charge is -2.19. The highest BCUT2D eigenvalue weighted by atomic mass is 16.6. The molecule has 0 spiro atoms. The molecule has 23 heavy (non-hydrogen) atoms. The van der Waals surface area contributed by atoms with Gasteiger partial charge in [0.05, 0.1) is 18.2 Å². The second-order valence-electron chi connectivity index (χ2n) is 6.17. The molecule has 6 nitrogen and oxygen atoms in total. The second kappa shape index (κ2) is 5.68. The van der Waals surface area contributed by atoms with Gasteiger partial charge in [-0.15, -0.1) is 0 Å². The van der Waals surface area contributed by atoms with Crippen LogP contribution in [0.25, 0.3) is 0 Å². The summed E-state index contributed by atoms with van der Waals surface area (Å²) in [7, 11) is 0. The molecule has 2 aliphatic heterocycles. The van der Waals surface area contributed by atoms with Crippen LogP contribution in [0, 0.1) is 26.7 Å². The first-order valence-corrected chi connectivity index (χ1v) is 7.70. The summed E-state index contributed by atoms with van der Waals surface area (Å²) < 4.78 is 4.82. The summed E-state index contributed by atoms with van der Waals surface area (Å²) in [5.41, 5.74) is 5.16. The molecule has 2 atom stereocenters. The van der Waals surface area contributed by atoms with Crippen molar-refractivity contribution < 1.29 is 19.2 Å². The molecule has 2 amide bonds. The maximum absolute atomic E-state index is 12.5. The maximum Gasteiger partial charge on any atom is 0.416 e. The Morgan fingerprint density at radius 3 is 2.48 bits per heavy atom. The lowest BCUT2D eigenvalue weighted by molar-refractivity contribution is -0.140. The summed E-state index contributed by atoms with van der Waals surface area (Å²) in [6, 6.07) is 4.18. The fraction of sp³-hybridized carbons (Fsp3) is 0.471. The smallest absolute Gasteiger partial charge is 0.416 e. The van der Waals surface area contributed by atoms with Crippen LogP contribution in [0.15, 0.2) is 17.3 Å². The summed E-state index contributed by atoms with van der Waals surface area (Å²) in [5.74, 6) is -0.614. The quantitative estimate of drug-likeness (QED) is 0.840. The van der Waals surface area contributed by atoms with E-state index in [0.29, 0.717) is 0 Å². The van der Waals surface area contributed by atoms with E-state index in [2.05, 4.69) is 17.3 Å². The fourth-order valence-corrected chi connectivity index (χ4v) is 3.29. The number of aryl methyl sites for hydroxylation is 3. The average molecular weight is 316 g/mol. The molecule has 0 aliphatic carbocycles. The van der Waals surface area contributed by atoms with Crippen LogP contribution in [0.2, 0.25) is 0 Å². The van der Waals surface area contributed by atoms with E-state index in [-0.39, 0.29) is 25.0 Å². The molecule has 0 radical (unpaired) electrons. The number of carbonyl (C=O) groups excluding carboxylic acids is 2. The van der Waals surface area contributed by atoms with Gasteiger partial charge in [0.25, 0.3) is 5.91 Å². The number of ether oxygens (including phenoxy) is 1. The van der Waals surface area contributed by atoms with Crippen LogP contribution in [0.5, 0.6) is 0 Å². The lowest BCUT2D eigenvalue weighted by atomic mass is 9.88. The molecule has 1 saturated heterocycles. The van der Waals surface area contributed by atoms with E-state index in [1.807, 2.05) is 27.7 Å². The molecule has 2 heterocycles. The van der Waals surface area contributed by atoms with E-state index in [0.717, 1.165) is 27.3 Å². The molecule has 0 N–H and O–H groups in total. The largest absolute Gasteiger partial charge is 0.447 e. The summed E-state index contributed by atoms with van der Waals surface area (Å²) in [6.07, 6.45) is -1.39. The number of amides is 2. The van der Waals surface area contributed by atoms with Crippen LogP contribution in [0.4, 0.5) is 4.79 Å². The van der Waals surface area contributed by atoms with Gasteiger partial charge >= 0.3 is 6.09 Å². The third kappa shape index (κ3) is 2.58. The van der Waals surface area contributed by atoms with Gasteiger partial charge in [-0.1, -0.05) is 29.8 Å². The lowest BCUT2D eigenvalue weighted by Crippen LogP contribution is -2.43. The van der Waals surface area contributed by atoms with Crippen LogP contribution in [-0.4, -0.2) is 41.9 Å². The third-order valence-corrected chi connectivity index (χ3v) is 4.35. The van der Waals surface area contributed by atoms with E-state index >= 15 is 0 Å². The van der Waals surface area contributed by atoms with Crippen molar-refractivity contribution in [3.63, 3.8) is 0 Å². The predicted octanol–water partition coefficient (Wildman–Crippen LogP) is 2.33. The second-order valence-corrected chi connectivity index (χ2v) is 6.17. The van der Waals surface area contributed by atoms with Crippen LogP contribution >= 0.6 is 0 Å². The van der Waals surface area contributed by atoms with Crippen LogP contribution in [-0.2, 0) is 14.4 Å². The zero-order chi connectivity index (χ0) is 16.7. The Morgan fingerprint density at radius 2 is 1.91 bits per heavy atom. The Bertz CT molecular complexity index is 688. The van der Waals surface area contributed by atoms with Crippen molar-refractivity contribution in [3.05, 3.63) is 34.4 Å². The summed E-state index contributed by atoms with van der Waals surface area (Å²) in [5, 5.41) is 4.15. The van der Waals surface area contributed by atoms with Gasteiger partial charge in [-0.05, 0) is 31.9 Å². The minimum Gasteiger partial charge on any atom is -0.447 e. The number of hydrogen-bond donors (Lipinski definition) is 0. The summed E-state index contributed by atoms with van der Waals surface area (Å²) in [4.78, 5) is 30.5. The van der Waals surface area contributed by atoms with E-state index in [9.17, 15) is 9.59 Å². The van der Waals surface area contributed by atoms with Crippen molar-refractivity contribution in [2.24, 2.45) is 11.1 Å². The number of rotatable bonds is 2. The number of cyclic esters (lactones) is 1. The maximum atomic E-state index is 12.5. The van der Waals surface area contributed by atoms with Gasteiger partial charge in [-0.25, -0.2) is 9.69 Å². The highest BCUT2D eigenvalue weighted by Crippen LogP contribution is 2.29. The monoisotopic (exact) mass is 316 g/mol. The molecule has 1 fully saturated rings. The molecule has 1 aromatic carbocycles. The Morgan fingerprint density at radius 1 is 1.26 bits per heavy atom. The summed E-state index contributed by atoms with van der Waals surface area (Å²) in [6.45, 7) is 8.49. The molecular weight excluding hydrogens is 296 g/mol. The number of oxime groups is 1. The normalized spacial score (nSPS) is 23.6. The third-order valence-electron chi connectivity index (χ3n) is 4.35. The van der Waals surface area contributed by atoms with Crippen LogP contribution in [0.3, 0.4) is 0 Å². The first-order valence-electron chi connectivity index (χ1n) is 7.70. The van der Waals surface area contributed by atoms with Gasteiger partial charge in [-0.2, -0.15) is 0 Å². The van der Waals surface area contributed by atoms with Gasteiger partial charge in [0.15, 0.2) is 0 Å². The number of hydrogen-bond acceptors (Lipinski definition) is 5. The van der Waals surface area contributed by atoms with Gasteiger partial charge in [0.2, 0.25) is 6.10 Å². The van der Waals surface area contributed by atoms with Gasteiger partial charge in [0, 0.05) is 5.56 Å². The highest BCUT2D eigenvalue weighted by molar-refractivity contribution is 6.08. The SMILES string of the molecule is Cc1cc(C)c(C2=NOC(C(=O)N3CCOC3=O)C2C)c(C)c1. The van der Waals surface area contributed by atoms with Crippen LogP contribution < -0.4 is 0 Å². The van der Waals surface area contributed by atoms with Crippen molar-refractivity contribution in [3.8, 4) is 0 Å². The molecule has 0 bridgehead atoms. The Labute approximate surface area is 135 Å². The molecule has 2 unspecified atom stereocenters. The highest BCUT2D eigenvalue weighted by Gasteiger charge is 2.43. The standard InChI is InChI=1S/C17H20N2O4/c1-9-7-10(2)13(11(3)8-9)14-12(4)15(23-18-14)16(20)19-5-6-22-17(19)21/h7-8,12,15H,5-6H2,1-4H3. The topological polar surface area (TPSA) is 68.2 Å². The molecular formula is C17H20N2O4. The molecule has 6 heteroatoms. The number of benzene rings is 1. The molecule has 0 saturated carbocycles. The van der Waals surface area contributed by atoms with E-state index in [4.69, 9.17) is 9.57 Å². The minimum absolute atomic E-state index is 0.226. The Balaban J connectivity index is 1.86. The Kier molecular flexibility index (Phi) is 3.83. The number of imide groups is 1.